The molecular formula is C24H26ClN3O2S. The number of nitrogens with zero attached hydrogens (tertiary/aromatic N) is 3. The summed E-state index contributed by atoms with van der Waals surface area (Å²) in [5.41, 5.74) is 3.77. The third-order valence-electron chi connectivity index (χ3n) is 5.76. The molecule has 0 aliphatic carbocycles. The van der Waals surface area contributed by atoms with Crippen LogP contribution in [-0.2, 0) is 4.74 Å². The highest BCUT2D eigenvalue weighted by Gasteiger charge is 2.26. The Labute approximate surface area is 192 Å². The average Bonchev–Trinajstić information content (AvgIpc) is 3.20. The number of esters is 1. The molecule has 31 heavy (non-hydrogen) atoms. The highest BCUT2D eigenvalue weighted by Crippen LogP contribution is 2.36. The number of piperidine rings is 1. The molecule has 0 saturated carbocycles. The van der Waals surface area contributed by atoms with Gasteiger partial charge in [0.1, 0.15) is 10.0 Å². The van der Waals surface area contributed by atoms with Crippen molar-refractivity contribution in [3.05, 3.63) is 64.8 Å². The minimum atomic E-state index is -0.303. The first-order chi connectivity index (χ1) is 15.0. The zero-order valence-corrected chi connectivity index (χ0v) is 19.5. The van der Waals surface area contributed by atoms with E-state index in [1.807, 2.05) is 36.4 Å². The van der Waals surface area contributed by atoms with Gasteiger partial charge in [-0.25, -0.2) is 9.78 Å². The molecule has 1 aromatic heterocycles. The molecule has 1 unspecified atom stereocenters. The lowest BCUT2D eigenvalue weighted by Crippen LogP contribution is -2.46. The van der Waals surface area contributed by atoms with Crippen molar-refractivity contribution in [2.75, 3.05) is 37.0 Å². The summed E-state index contributed by atoms with van der Waals surface area (Å²) in [6.45, 7) is 3.95. The molecule has 4 rings (SSSR count). The first-order valence-electron chi connectivity index (χ1n) is 10.4. The molecule has 0 amide bonds. The summed E-state index contributed by atoms with van der Waals surface area (Å²) in [7, 11) is 3.57. The van der Waals surface area contributed by atoms with Crippen LogP contribution in [0.15, 0.2) is 48.5 Å². The van der Waals surface area contributed by atoms with E-state index in [-0.39, 0.29) is 5.97 Å². The van der Waals surface area contributed by atoms with Gasteiger partial charge in [-0.2, -0.15) is 0 Å². The van der Waals surface area contributed by atoms with Gasteiger partial charge >= 0.3 is 5.97 Å². The van der Waals surface area contributed by atoms with Crippen molar-refractivity contribution < 1.29 is 9.53 Å². The van der Waals surface area contributed by atoms with Gasteiger partial charge in [-0.3, -0.25) is 0 Å². The molecule has 1 aliphatic rings. The fourth-order valence-corrected chi connectivity index (χ4v) is 5.28. The second-order valence-corrected chi connectivity index (χ2v) is 9.23. The number of methoxy groups -OCH3 is 1. The van der Waals surface area contributed by atoms with Gasteiger partial charge in [-0.05, 0) is 50.1 Å². The maximum absolute atomic E-state index is 11.9. The molecule has 0 radical (unpaired) electrons. The summed E-state index contributed by atoms with van der Waals surface area (Å²) in [5.74, 6) is -0.303. The molecule has 1 aliphatic heterocycles. The summed E-state index contributed by atoms with van der Waals surface area (Å²) in [6.07, 6.45) is 2.22. The van der Waals surface area contributed by atoms with Crippen LogP contribution < -0.4 is 9.80 Å². The number of anilines is 2. The maximum Gasteiger partial charge on any atom is 0.337 e. The van der Waals surface area contributed by atoms with Crippen LogP contribution in [0.1, 0.15) is 28.9 Å². The predicted molar refractivity (Wildman–Crippen MR) is 129 cm³/mol. The van der Waals surface area contributed by atoms with E-state index in [0.717, 1.165) is 52.9 Å². The van der Waals surface area contributed by atoms with Crippen LogP contribution >= 0.6 is 22.9 Å². The van der Waals surface area contributed by atoms with Crippen molar-refractivity contribution in [1.82, 2.24) is 4.98 Å². The van der Waals surface area contributed by atoms with Gasteiger partial charge in [0.2, 0.25) is 0 Å². The zero-order chi connectivity index (χ0) is 22.0. The monoisotopic (exact) mass is 455 g/mol. The smallest absolute Gasteiger partial charge is 0.337 e. The fourth-order valence-electron chi connectivity index (χ4n) is 4.05. The van der Waals surface area contributed by atoms with Gasteiger partial charge in [0.15, 0.2) is 0 Å². The van der Waals surface area contributed by atoms with Gasteiger partial charge in [0.05, 0.1) is 18.4 Å². The molecule has 7 heteroatoms. The lowest BCUT2D eigenvalue weighted by atomic mass is 10.0. The molecule has 1 atom stereocenters. The van der Waals surface area contributed by atoms with Crippen molar-refractivity contribution in [2.24, 2.45) is 0 Å². The van der Waals surface area contributed by atoms with Crippen LogP contribution in [0.25, 0.3) is 10.6 Å². The van der Waals surface area contributed by atoms with E-state index in [0.29, 0.717) is 11.6 Å². The Hall–Kier alpha value is -2.57. The van der Waals surface area contributed by atoms with E-state index in [1.165, 1.54) is 12.1 Å². The number of ether oxygens (including phenoxy) is 1. The quantitative estimate of drug-likeness (QED) is 0.464. The number of hydrogen-bond acceptors (Lipinski definition) is 6. The predicted octanol–water partition coefficient (Wildman–Crippen LogP) is 5.66. The first-order valence-corrected chi connectivity index (χ1v) is 11.5. The second kappa shape index (κ2) is 9.28. The first kappa shape index (κ1) is 21.7. The number of aryl methyl sites for hydroxylation is 1. The van der Waals surface area contributed by atoms with Crippen LogP contribution in [0.5, 0.6) is 0 Å². The Morgan fingerprint density at radius 3 is 2.77 bits per heavy atom. The standard InChI is InChI=1S/C24H26ClN3O2S/c1-16-23(31-22(26-16)17-9-11-19(25)12-10-17)27(2)21-8-5-13-28(15-21)20-7-4-6-18(14-20)24(29)30-3/h4,6-7,9-12,14,21H,5,8,13,15H2,1-3H3. The minimum absolute atomic E-state index is 0.303. The van der Waals surface area contributed by atoms with Crippen molar-refractivity contribution in [1.29, 1.82) is 0 Å². The van der Waals surface area contributed by atoms with E-state index < -0.39 is 0 Å². The third kappa shape index (κ3) is 4.70. The number of halogens is 1. The van der Waals surface area contributed by atoms with Gasteiger partial charge in [0, 0.05) is 42.5 Å². The Balaban J connectivity index is 1.52. The topological polar surface area (TPSA) is 45.7 Å². The fraction of sp³-hybridized carbons (Fsp3) is 0.333. The molecule has 0 bridgehead atoms. The van der Waals surface area contributed by atoms with Crippen LogP contribution in [0.3, 0.4) is 0 Å². The Kier molecular flexibility index (Phi) is 6.49. The number of likely N-dealkylation sites (N-methyl/N-ethyl adjacent to an activating group) is 1. The van der Waals surface area contributed by atoms with Crippen LogP contribution in [0.2, 0.25) is 5.02 Å². The van der Waals surface area contributed by atoms with Crippen LogP contribution in [-0.4, -0.2) is 44.2 Å². The van der Waals surface area contributed by atoms with E-state index in [1.54, 1.807) is 17.4 Å². The molecule has 2 aromatic carbocycles. The highest BCUT2D eigenvalue weighted by molar-refractivity contribution is 7.19. The van der Waals surface area contributed by atoms with Gasteiger partial charge in [-0.15, -0.1) is 0 Å². The third-order valence-corrected chi connectivity index (χ3v) is 7.31. The van der Waals surface area contributed by atoms with E-state index in [2.05, 4.69) is 29.8 Å². The Morgan fingerprint density at radius 1 is 1.26 bits per heavy atom. The van der Waals surface area contributed by atoms with Crippen molar-refractivity contribution in [2.45, 2.75) is 25.8 Å². The average molecular weight is 456 g/mol. The molecule has 162 valence electrons. The van der Waals surface area contributed by atoms with Gasteiger partial charge in [-0.1, -0.05) is 41.1 Å². The summed E-state index contributed by atoms with van der Waals surface area (Å²) in [6, 6.07) is 15.9. The number of hydrogen-bond donors (Lipinski definition) is 0. The summed E-state index contributed by atoms with van der Waals surface area (Å²) >= 11 is 7.75. The molecule has 1 saturated heterocycles. The van der Waals surface area contributed by atoms with E-state index >= 15 is 0 Å². The minimum Gasteiger partial charge on any atom is -0.465 e. The lowest BCUT2D eigenvalue weighted by Gasteiger charge is -2.39. The molecule has 0 N–H and O–H groups in total. The zero-order valence-electron chi connectivity index (χ0n) is 18.0. The molecule has 5 nitrogen and oxygen atoms in total. The number of carbonyl (C=O) groups excluding carboxylic acids is 1. The summed E-state index contributed by atoms with van der Waals surface area (Å²) < 4.78 is 4.88. The van der Waals surface area contributed by atoms with Crippen LogP contribution in [0, 0.1) is 6.92 Å². The number of carbonyl (C=O) groups is 1. The van der Waals surface area contributed by atoms with Crippen molar-refractivity contribution in [3.8, 4) is 10.6 Å². The van der Waals surface area contributed by atoms with Crippen molar-refractivity contribution in [3.63, 3.8) is 0 Å². The number of rotatable bonds is 5. The SMILES string of the molecule is COC(=O)c1cccc(N2CCCC(N(C)c3sc(-c4ccc(Cl)cc4)nc3C)C2)c1. The largest absolute Gasteiger partial charge is 0.465 e. The molecule has 2 heterocycles. The van der Waals surface area contributed by atoms with Gasteiger partial charge in [0.25, 0.3) is 0 Å². The number of aromatic nitrogens is 1. The molecule has 1 fully saturated rings. The van der Waals surface area contributed by atoms with Gasteiger partial charge < -0.3 is 14.5 Å². The molecule has 3 aromatic rings. The van der Waals surface area contributed by atoms with E-state index in [9.17, 15) is 4.79 Å². The number of thiazole rings is 1. The lowest BCUT2D eigenvalue weighted by molar-refractivity contribution is 0.0600. The Morgan fingerprint density at radius 2 is 2.03 bits per heavy atom. The number of benzene rings is 2. The molecular weight excluding hydrogens is 430 g/mol. The Bertz CT molecular complexity index is 1070. The normalized spacial score (nSPS) is 16.3. The van der Waals surface area contributed by atoms with E-state index in [4.69, 9.17) is 21.3 Å². The molecule has 0 spiro atoms. The summed E-state index contributed by atoms with van der Waals surface area (Å²) in [5, 5.41) is 2.93. The van der Waals surface area contributed by atoms with Crippen LogP contribution in [0.4, 0.5) is 10.7 Å². The summed E-state index contributed by atoms with van der Waals surface area (Å²) in [4.78, 5) is 21.5. The second-order valence-electron chi connectivity index (χ2n) is 7.81. The maximum atomic E-state index is 11.9. The highest BCUT2D eigenvalue weighted by atomic mass is 35.5. The van der Waals surface area contributed by atoms with Crippen molar-refractivity contribution >= 4 is 39.6 Å².